The maximum atomic E-state index is 12.6. The third-order valence-corrected chi connectivity index (χ3v) is 8.25. The molecule has 172 valence electrons. The van der Waals surface area contributed by atoms with Crippen LogP contribution in [-0.2, 0) is 19.3 Å². The summed E-state index contributed by atoms with van der Waals surface area (Å²) in [5.41, 5.74) is 1.94. The SMILES string of the molecule is CC[C@H]1COCCN1c1cc(C2(S(C)(=O)=O)CC2)nc(-c2ccc(NC(=O)NC)cc2)n1. The van der Waals surface area contributed by atoms with Crippen LogP contribution in [-0.4, -0.2) is 63.5 Å². The number of aromatic nitrogens is 2. The molecule has 2 aromatic rings. The fourth-order valence-electron chi connectivity index (χ4n) is 4.07. The summed E-state index contributed by atoms with van der Waals surface area (Å²) in [6, 6.07) is 8.90. The Morgan fingerprint density at radius 3 is 2.56 bits per heavy atom. The monoisotopic (exact) mass is 459 g/mol. The van der Waals surface area contributed by atoms with Crippen LogP contribution in [0.5, 0.6) is 0 Å². The summed E-state index contributed by atoms with van der Waals surface area (Å²) in [6.07, 6.45) is 3.31. The van der Waals surface area contributed by atoms with Gasteiger partial charge in [0.1, 0.15) is 10.6 Å². The van der Waals surface area contributed by atoms with E-state index >= 15 is 0 Å². The zero-order valence-electron chi connectivity index (χ0n) is 18.6. The van der Waals surface area contributed by atoms with Gasteiger partial charge < -0.3 is 20.3 Å². The van der Waals surface area contributed by atoms with Gasteiger partial charge in [0.2, 0.25) is 0 Å². The van der Waals surface area contributed by atoms with Crippen LogP contribution in [0.4, 0.5) is 16.3 Å². The Morgan fingerprint density at radius 2 is 1.97 bits per heavy atom. The zero-order chi connectivity index (χ0) is 22.9. The highest BCUT2D eigenvalue weighted by molar-refractivity contribution is 7.91. The number of urea groups is 1. The molecule has 0 radical (unpaired) electrons. The van der Waals surface area contributed by atoms with E-state index in [1.165, 1.54) is 6.26 Å². The van der Waals surface area contributed by atoms with Crippen LogP contribution in [0.25, 0.3) is 11.4 Å². The number of sulfone groups is 1. The Balaban J connectivity index is 1.77. The van der Waals surface area contributed by atoms with Gasteiger partial charge in [-0.25, -0.2) is 23.2 Å². The van der Waals surface area contributed by atoms with E-state index in [1.807, 2.05) is 18.2 Å². The molecule has 2 N–H and O–H groups in total. The van der Waals surface area contributed by atoms with Gasteiger partial charge in [0.15, 0.2) is 15.7 Å². The molecule has 2 aliphatic rings. The first kappa shape index (κ1) is 22.5. The number of carbonyl (C=O) groups excluding carboxylic acids is 1. The van der Waals surface area contributed by atoms with Crippen LogP contribution in [0.15, 0.2) is 30.3 Å². The fraction of sp³-hybridized carbons (Fsp3) is 0.500. The molecule has 1 saturated carbocycles. The van der Waals surface area contributed by atoms with Crippen LogP contribution in [0.2, 0.25) is 0 Å². The van der Waals surface area contributed by atoms with E-state index in [0.717, 1.165) is 17.8 Å². The molecular formula is C22H29N5O4S. The molecule has 2 amide bonds. The van der Waals surface area contributed by atoms with Crippen molar-refractivity contribution in [2.75, 3.05) is 43.3 Å². The minimum absolute atomic E-state index is 0.173. The minimum atomic E-state index is -3.32. The smallest absolute Gasteiger partial charge is 0.318 e. The molecule has 1 aliphatic heterocycles. The molecule has 0 bridgehead atoms. The van der Waals surface area contributed by atoms with E-state index in [-0.39, 0.29) is 12.1 Å². The van der Waals surface area contributed by atoms with Gasteiger partial charge in [-0.15, -0.1) is 0 Å². The van der Waals surface area contributed by atoms with Crippen LogP contribution in [0.1, 0.15) is 31.9 Å². The number of amides is 2. The van der Waals surface area contributed by atoms with Crippen molar-refractivity contribution in [2.24, 2.45) is 0 Å². The van der Waals surface area contributed by atoms with E-state index in [0.29, 0.717) is 49.8 Å². The van der Waals surface area contributed by atoms with E-state index in [4.69, 9.17) is 14.7 Å². The number of hydrogen-bond donors (Lipinski definition) is 2. The molecule has 9 nitrogen and oxygen atoms in total. The summed E-state index contributed by atoms with van der Waals surface area (Å²) in [5.74, 6) is 1.20. The predicted octanol–water partition coefficient (Wildman–Crippen LogP) is 2.54. The van der Waals surface area contributed by atoms with Crippen LogP contribution in [0.3, 0.4) is 0 Å². The Morgan fingerprint density at radius 1 is 1.25 bits per heavy atom. The van der Waals surface area contributed by atoms with E-state index in [1.54, 1.807) is 19.2 Å². The lowest BCUT2D eigenvalue weighted by molar-refractivity contribution is 0.0925. The van der Waals surface area contributed by atoms with Crippen LogP contribution < -0.4 is 15.5 Å². The van der Waals surface area contributed by atoms with Gasteiger partial charge in [0.25, 0.3) is 0 Å². The van der Waals surface area contributed by atoms with Gasteiger partial charge in [0, 0.05) is 37.2 Å². The molecule has 1 aromatic carbocycles. The number of anilines is 2. The predicted molar refractivity (Wildman–Crippen MR) is 124 cm³/mol. The van der Waals surface area contributed by atoms with Crippen molar-refractivity contribution >= 4 is 27.4 Å². The third kappa shape index (κ3) is 4.29. The highest BCUT2D eigenvalue weighted by Crippen LogP contribution is 2.52. The first-order chi connectivity index (χ1) is 15.3. The lowest BCUT2D eigenvalue weighted by atomic mass is 10.1. The first-order valence-electron chi connectivity index (χ1n) is 10.8. The molecule has 32 heavy (non-hydrogen) atoms. The number of rotatable bonds is 6. The summed E-state index contributed by atoms with van der Waals surface area (Å²) >= 11 is 0. The number of nitrogens with zero attached hydrogens (tertiary/aromatic N) is 3. The van der Waals surface area contributed by atoms with Gasteiger partial charge in [-0.1, -0.05) is 6.92 Å². The van der Waals surface area contributed by atoms with E-state index in [9.17, 15) is 13.2 Å². The molecule has 10 heteroatoms. The average molecular weight is 460 g/mol. The third-order valence-electron chi connectivity index (χ3n) is 6.21. The molecule has 2 heterocycles. The molecule has 1 aliphatic carbocycles. The average Bonchev–Trinajstić information content (AvgIpc) is 3.61. The molecular weight excluding hydrogens is 430 g/mol. The van der Waals surface area contributed by atoms with Crippen molar-refractivity contribution < 1.29 is 17.9 Å². The van der Waals surface area contributed by atoms with Gasteiger partial charge in [-0.3, -0.25) is 0 Å². The summed E-state index contributed by atoms with van der Waals surface area (Å²) < 4.78 is 29.9. The molecule has 4 rings (SSSR count). The molecule has 1 aromatic heterocycles. The Bertz CT molecular complexity index is 1100. The topological polar surface area (TPSA) is 114 Å². The summed E-state index contributed by atoms with van der Waals surface area (Å²) in [7, 11) is -1.77. The second-order valence-corrected chi connectivity index (χ2v) is 10.6. The maximum Gasteiger partial charge on any atom is 0.318 e. The Labute approximate surface area is 188 Å². The van der Waals surface area contributed by atoms with Crippen molar-refractivity contribution in [3.8, 4) is 11.4 Å². The number of carbonyl (C=O) groups is 1. The minimum Gasteiger partial charge on any atom is -0.377 e. The summed E-state index contributed by atoms with van der Waals surface area (Å²) in [5, 5.41) is 5.23. The molecule has 1 atom stereocenters. The Hall–Kier alpha value is -2.72. The number of nitrogens with one attached hydrogen (secondary N) is 2. The lowest BCUT2D eigenvalue weighted by Gasteiger charge is -2.36. The van der Waals surface area contributed by atoms with Gasteiger partial charge in [0.05, 0.1) is 24.9 Å². The van der Waals surface area contributed by atoms with Crippen molar-refractivity contribution in [1.82, 2.24) is 15.3 Å². The second-order valence-electron chi connectivity index (χ2n) is 8.31. The van der Waals surface area contributed by atoms with Gasteiger partial charge in [-0.2, -0.15) is 0 Å². The van der Waals surface area contributed by atoms with E-state index < -0.39 is 14.6 Å². The Kier molecular flexibility index (Phi) is 6.09. The van der Waals surface area contributed by atoms with Crippen molar-refractivity contribution in [2.45, 2.75) is 37.0 Å². The standard InChI is InChI=1S/C22H29N5O4S/c1-4-17-14-31-12-11-27(17)19-13-18(22(9-10-22)32(3,29)30)25-20(26-19)15-5-7-16(8-6-15)24-21(28)23-2/h5-8,13,17H,4,9-12,14H2,1-3H3,(H2,23,24,28)/t17-/m0/s1. The highest BCUT2D eigenvalue weighted by Gasteiger charge is 2.55. The van der Waals surface area contributed by atoms with Crippen molar-refractivity contribution in [3.63, 3.8) is 0 Å². The molecule has 1 saturated heterocycles. The fourth-order valence-corrected chi connectivity index (χ4v) is 5.39. The van der Waals surface area contributed by atoms with Crippen molar-refractivity contribution in [1.29, 1.82) is 0 Å². The largest absolute Gasteiger partial charge is 0.377 e. The quantitative estimate of drug-likeness (QED) is 0.682. The zero-order valence-corrected chi connectivity index (χ0v) is 19.4. The normalized spacial score (nSPS) is 20.0. The summed E-state index contributed by atoms with van der Waals surface area (Å²) in [4.78, 5) is 23.3. The number of ether oxygens (including phenoxy) is 1. The second kappa shape index (κ2) is 8.67. The summed E-state index contributed by atoms with van der Waals surface area (Å²) in [6.45, 7) is 4.01. The van der Waals surface area contributed by atoms with Crippen LogP contribution in [0, 0.1) is 0 Å². The number of benzene rings is 1. The number of morpholine rings is 1. The first-order valence-corrected chi connectivity index (χ1v) is 12.7. The molecule has 0 spiro atoms. The number of hydrogen-bond acceptors (Lipinski definition) is 7. The molecule has 2 fully saturated rings. The van der Waals surface area contributed by atoms with Crippen LogP contribution >= 0.6 is 0 Å². The lowest BCUT2D eigenvalue weighted by Crippen LogP contribution is -2.45. The van der Waals surface area contributed by atoms with Crippen molar-refractivity contribution in [3.05, 3.63) is 36.0 Å². The van der Waals surface area contributed by atoms with E-state index in [2.05, 4.69) is 22.5 Å². The molecule has 0 unspecified atom stereocenters. The van der Waals surface area contributed by atoms with Gasteiger partial charge >= 0.3 is 6.03 Å². The van der Waals surface area contributed by atoms with Gasteiger partial charge in [-0.05, 0) is 43.5 Å². The maximum absolute atomic E-state index is 12.6. The highest BCUT2D eigenvalue weighted by atomic mass is 32.2.